The average molecular weight is 494 g/mol. The molecule has 1 aliphatic carbocycles. The van der Waals surface area contributed by atoms with E-state index in [9.17, 15) is 22.8 Å². The fourth-order valence-electron chi connectivity index (χ4n) is 4.64. The Morgan fingerprint density at radius 2 is 1.91 bits per heavy atom. The summed E-state index contributed by atoms with van der Waals surface area (Å²) in [6.45, 7) is 5.68. The molecule has 0 amide bonds. The van der Waals surface area contributed by atoms with Crippen LogP contribution in [0.3, 0.4) is 0 Å². The van der Waals surface area contributed by atoms with E-state index in [4.69, 9.17) is 20.8 Å². The number of benzene rings is 1. The number of ether oxygens (including phenoxy) is 1. The summed E-state index contributed by atoms with van der Waals surface area (Å²) >= 11 is 6.18. The van der Waals surface area contributed by atoms with Gasteiger partial charge in [0.2, 0.25) is 0 Å². The lowest BCUT2D eigenvalue weighted by Crippen LogP contribution is -2.38. The van der Waals surface area contributed by atoms with E-state index in [0.717, 1.165) is 18.2 Å². The van der Waals surface area contributed by atoms with Crippen LogP contribution in [0.1, 0.15) is 50.9 Å². The molecule has 0 bridgehead atoms. The van der Waals surface area contributed by atoms with Crippen molar-refractivity contribution in [1.82, 2.24) is 5.32 Å². The first-order valence-electron chi connectivity index (χ1n) is 10.6. The van der Waals surface area contributed by atoms with Crippen molar-refractivity contribution in [2.24, 2.45) is 5.41 Å². The molecule has 1 N–H and O–H groups in total. The topological polar surface area (TPSA) is 68.5 Å². The van der Waals surface area contributed by atoms with Gasteiger partial charge in [-0.05, 0) is 49.1 Å². The smallest absolute Gasteiger partial charge is 0.416 e. The molecule has 9 heteroatoms. The molecule has 34 heavy (non-hydrogen) atoms. The van der Waals surface area contributed by atoms with Crippen LogP contribution in [-0.4, -0.2) is 18.9 Å². The molecule has 2 aromatic rings. The second kappa shape index (κ2) is 8.34. The Hall–Kier alpha value is -3.00. The number of carbonyl (C=O) groups is 2. The van der Waals surface area contributed by atoms with Gasteiger partial charge in [0.1, 0.15) is 11.5 Å². The first kappa shape index (κ1) is 24.1. The van der Waals surface area contributed by atoms with Gasteiger partial charge in [-0.25, -0.2) is 4.79 Å². The maximum Gasteiger partial charge on any atom is 0.416 e. The van der Waals surface area contributed by atoms with E-state index < -0.39 is 23.6 Å². The quantitative estimate of drug-likeness (QED) is 0.501. The number of allylic oxidation sites excluding steroid dienone is 3. The van der Waals surface area contributed by atoms with E-state index in [1.165, 1.54) is 13.2 Å². The molecule has 0 fully saturated rings. The number of rotatable bonds is 3. The van der Waals surface area contributed by atoms with Gasteiger partial charge < -0.3 is 14.5 Å². The molecule has 1 aromatic heterocycles. The van der Waals surface area contributed by atoms with E-state index >= 15 is 0 Å². The van der Waals surface area contributed by atoms with Gasteiger partial charge >= 0.3 is 12.1 Å². The van der Waals surface area contributed by atoms with Crippen LogP contribution in [0.25, 0.3) is 11.3 Å². The van der Waals surface area contributed by atoms with Gasteiger partial charge in [0, 0.05) is 29.0 Å². The first-order chi connectivity index (χ1) is 15.8. The largest absolute Gasteiger partial charge is 0.466 e. The molecule has 0 saturated carbocycles. The Morgan fingerprint density at radius 3 is 2.56 bits per heavy atom. The molecule has 4 rings (SSSR count). The van der Waals surface area contributed by atoms with E-state index in [1.807, 2.05) is 13.8 Å². The molecule has 180 valence electrons. The van der Waals surface area contributed by atoms with Crippen molar-refractivity contribution in [1.29, 1.82) is 0 Å². The number of halogens is 4. The number of dihydropyridines is 1. The van der Waals surface area contributed by atoms with Crippen LogP contribution in [0, 0.1) is 5.41 Å². The minimum absolute atomic E-state index is 0.0577. The second-order valence-electron chi connectivity index (χ2n) is 9.32. The molecule has 1 aromatic carbocycles. The van der Waals surface area contributed by atoms with Crippen LogP contribution < -0.4 is 5.32 Å². The van der Waals surface area contributed by atoms with Crippen molar-refractivity contribution in [3.63, 3.8) is 0 Å². The number of esters is 1. The van der Waals surface area contributed by atoms with Crippen LogP contribution in [0.15, 0.2) is 57.3 Å². The lowest BCUT2D eigenvalue weighted by molar-refractivity contribution is -0.138. The van der Waals surface area contributed by atoms with Gasteiger partial charge in [-0.15, -0.1) is 0 Å². The van der Waals surface area contributed by atoms with Crippen LogP contribution >= 0.6 is 11.6 Å². The molecule has 0 spiro atoms. The van der Waals surface area contributed by atoms with Gasteiger partial charge in [-0.1, -0.05) is 25.4 Å². The van der Waals surface area contributed by atoms with Crippen LogP contribution in [0.4, 0.5) is 13.2 Å². The molecule has 5 nitrogen and oxygen atoms in total. The highest BCUT2D eigenvalue weighted by molar-refractivity contribution is 6.33. The Balaban J connectivity index is 1.85. The summed E-state index contributed by atoms with van der Waals surface area (Å²) in [6, 6.07) is 6.00. The predicted octanol–water partition coefficient (Wildman–Crippen LogP) is 6.40. The molecular weight excluding hydrogens is 471 g/mol. The number of hydrogen-bond donors (Lipinski definition) is 1. The molecule has 1 aliphatic heterocycles. The zero-order valence-electron chi connectivity index (χ0n) is 19.0. The average Bonchev–Trinajstić information content (AvgIpc) is 3.20. The SMILES string of the molecule is COC(=O)C1=C(C)NC2=C(C(=O)CC(C)(C)C2)[C@@H]1c1ccc(-c2cc(C(F)(F)F)ccc2Cl)o1. The van der Waals surface area contributed by atoms with Crippen molar-refractivity contribution in [2.75, 3.05) is 7.11 Å². The Morgan fingerprint density at radius 1 is 1.21 bits per heavy atom. The third-order valence-corrected chi connectivity index (χ3v) is 6.45. The summed E-state index contributed by atoms with van der Waals surface area (Å²) in [4.78, 5) is 25.9. The molecule has 0 unspecified atom stereocenters. The third-order valence-electron chi connectivity index (χ3n) is 6.12. The number of ketones is 1. The fourth-order valence-corrected chi connectivity index (χ4v) is 4.85. The number of nitrogens with one attached hydrogen (secondary N) is 1. The maximum absolute atomic E-state index is 13.2. The second-order valence-corrected chi connectivity index (χ2v) is 9.72. The molecule has 1 atom stereocenters. The van der Waals surface area contributed by atoms with Gasteiger partial charge in [0.05, 0.1) is 29.2 Å². The molecular formula is C25H23ClF3NO4. The van der Waals surface area contributed by atoms with Crippen LogP contribution in [0.5, 0.6) is 0 Å². The number of alkyl halides is 3. The predicted molar refractivity (Wildman–Crippen MR) is 120 cm³/mol. The normalized spacial score (nSPS) is 20.2. The van der Waals surface area contributed by atoms with Crippen molar-refractivity contribution < 1.29 is 31.9 Å². The zero-order chi connectivity index (χ0) is 25.0. The summed E-state index contributed by atoms with van der Waals surface area (Å²) in [5.41, 5.74) is 0.764. The van der Waals surface area contributed by atoms with Crippen molar-refractivity contribution in [2.45, 2.75) is 45.7 Å². The Bertz CT molecular complexity index is 1250. The summed E-state index contributed by atoms with van der Waals surface area (Å²) in [5.74, 6) is -1.28. The number of furan rings is 1. The van der Waals surface area contributed by atoms with E-state index in [1.54, 1.807) is 13.0 Å². The molecule has 2 aliphatic rings. The fraction of sp³-hybridized carbons (Fsp3) is 0.360. The maximum atomic E-state index is 13.2. The van der Waals surface area contributed by atoms with Gasteiger partial charge in [0.15, 0.2) is 5.78 Å². The minimum atomic E-state index is -4.55. The number of hydrogen-bond acceptors (Lipinski definition) is 5. The lowest BCUT2D eigenvalue weighted by Gasteiger charge is -2.38. The lowest BCUT2D eigenvalue weighted by atomic mass is 9.69. The summed E-state index contributed by atoms with van der Waals surface area (Å²) in [6.07, 6.45) is -3.68. The molecule has 0 saturated heterocycles. The standard InChI is InChI=1S/C25H23ClF3NO4/c1-12-20(23(32)33-4)22(21-16(30-12)10-24(2,3)11-17(21)31)19-8-7-18(34-19)14-9-13(25(27,28)29)5-6-15(14)26/h5-9,22,30H,10-11H2,1-4H3/t22-/m1/s1. The Kier molecular flexibility index (Phi) is 5.92. The van der Waals surface area contributed by atoms with Crippen LogP contribution in [0.2, 0.25) is 5.02 Å². The summed E-state index contributed by atoms with van der Waals surface area (Å²) < 4.78 is 50.7. The minimum Gasteiger partial charge on any atom is -0.466 e. The number of Topliss-reactive ketones (excluding diaryl/α,β-unsaturated/α-hetero) is 1. The molecule has 2 heterocycles. The van der Waals surface area contributed by atoms with Crippen LogP contribution in [-0.2, 0) is 20.5 Å². The summed E-state index contributed by atoms with van der Waals surface area (Å²) in [7, 11) is 1.24. The zero-order valence-corrected chi connectivity index (χ0v) is 19.8. The number of methoxy groups -OCH3 is 1. The van der Waals surface area contributed by atoms with Crippen molar-refractivity contribution in [3.05, 3.63) is 69.2 Å². The van der Waals surface area contributed by atoms with Crippen molar-refractivity contribution >= 4 is 23.4 Å². The molecule has 0 radical (unpaired) electrons. The van der Waals surface area contributed by atoms with E-state index in [-0.39, 0.29) is 45.3 Å². The van der Waals surface area contributed by atoms with E-state index in [0.29, 0.717) is 23.4 Å². The number of carbonyl (C=O) groups excluding carboxylic acids is 2. The van der Waals surface area contributed by atoms with Crippen molar-refractivity contribution in [3.8, 4) is 11.3 Å². The van der Waals surface area contributed by atoms with Gasteiger partial charge in [-0.2, -0.15) is 13.2 Å². The monoisotopic (exact) mass is 493 g/mol. The van der Waals surface area contributed by atoms with E-state index in [2.05, 4.69) is 5.32 Å². The first-order valence-corrected chi connectivity index (χ1v) is 11.0. The summed E-state index contributed by atoms with van der Waals surface area (Å²) in [5, 5.41) is 3.27. The Labute approximate surface area is 199 Å². The highest BCUT2D eigenvalue weighted by Crippen LogP contribution is 2.48. The highest BCUT2D eigenvalue weighted by Gasteiger charge is 2.44. The third kappa shape index (κ3) is 4.27. The van der Waals surface area contributed by atoms with Gasteiger partial charge in [0.25, 0.3) is 0 Å². The van der Waals surface area contributed by atoms with Gasteiger partial charge in [-0.3, -0.25) is 4.79 Å². The highest BCUT2D eigenvalue weighted by atomic mass is 35.5.